The Bertz CT molecular complexity index is 1300. The third kappa shape index (κ3) is 7.12. The van der Waals surface area contributed by atoms with E-state index in [2.05, 4.69) is 10.0 Å². The summed E-state index contributed by atoms with van der Waals surface area (Å²) in [6.45, 7) is 1.26. The van der Waals surface area contributed by atoms with Gasteiger partial charge in [-0.3, -0.25) is 0 Å². The predicted octanol–water partition coefficient (Wildman–Crippen LogP) is -0.00840. The van der Waals surface area contributed by atoms with Crippen LogP contribution in [0.1, 0.15) is 19.3 Å². The first kappa shape index (κ1) is 30.5. The van der Waals surface area contributed by atoms with Gasteiger partial charge in [0.15, 0.2) is 12.4 Å². The van der Waals surface area contributed by atoms with Crippen LogP contribution in [0.2, 0.25) is 0 Å². The van der Waals surface area contributed by atoms with Crippen LogP contribution in [-0.4, -0.2) is 83.9 Å². The minimum absolute atomic E-state index is 0. The molecule has 2 fully saturated rings. The number of rotatable bonds is 10. The lowest BCUT2D eigenvalue weighted by molar-refractivity contribution is -0.607. The zero-order valence-corrected chi connectivity index (χ0v) is 23.3. The average Bonchev–Trinajstić information content (AvgIpc) is 3.28. The number of hydrogen-bond donors (Lipinski definition) is 3. The molecule has 212 valence electrons. The summed E-state index contributed by atoms with van der Waals surface area (Å²) in [5.74, 6) is 0.334. The predicted molar refractivity (Wildman–Crippen MR) is 140 cm³/mol. The van der Waals surface area contributed by atoms with Gasteiger partial charge in [0.1, 0.15) is 23.4 Å². The molecular formula is C23H33ClN4O8S2. The number of aliphatic hydroxyl groups excluding tert-OH is 1. The summed E-state index contributed by atoms with van der Waals surface area (Å²) in [5.41, 5.74) is -0.431. The topological polar surface area (TPSA) is 161 Å². The van der Waals surface area contributed by atoms with Crippen LogP contribution in [-0.2, 0) is 24.8 Å². The fraction of sp³-hybridized carbons (Fsp3) is 0.522. The highest BCUT2D eigenvalue weighted by Crippen LogP contribution is 2.37. The Kier molecular flexibility index (Phi) is 9.97. The van der Waals surface area contributed by atoms with E-state index in [0.717, 1.165) is 6.20 Å². The standard InChI is InChI=1S/C23H32N4O8S2.ClH/c1-24-36(30,31)21-5-2-4-20(12-21)34-17-19(28)14-25-18-13-23(35-16-18)7-10-27(11-8-23)37(32,33)22-6-3-9-26(29)15-22;/h2-6,9,12,15,18-19,24-25,28H,7-8,10-11,13-14,16-17H2,1H3;1H/t18-,19+;/m1./s1. The second-order valence-electron chi connectivity index (χ2n) is 9.25. The second-order valence-corrected chi connectivity index (χ2v) is 13.1. The number of hydrogen-bond acceptors (Lipinski definition) is 9. The van der Waals surface area contributed by atoms with Crippen LogP contribution in [0, 0.1) is 5.21 Å². The van der Waals surface area contributed by atoms with Crippen LogP contribution in [0.25, 0.3) is 0 Å². The van der Waals surface area contributed by atoms with Gasteiger partial charge in [0.25, 0.3) is 0 Å². The molecule has 0 amide bonds. The van der Waals surface area contributed by atoms with Gasteiger partial charge in [-0.2, -0.15) is 9.04 Å². The van der Waals surface area contributed by atoms with Gasteiger partial charge in [-0.15, -0.1) is 12.4 Å². The number of ether oxygens (including phenoxy) is 2. The van der Waals surface area contributed by atoms with E-state index < -0.39 is 31.8 Å². The lowest BCUT2D eigenvalue weighted by atomic mass is 9.88. The van der Waals surface area contributed by atoms with E-state index >= 15 is 0 Å². The number of pyridine rings is 1. The van der Waals surface area contributed by atoms with Gasteiger partial charge in [0.05, 0.1) is 17.1 Å². The van der Waals surface area contributed by atoms with Crippen molar-refractivity contribution in [1.82, 2.24) is 14.3 Å². The Balaban J connectivity index is 0.00000400. The quantitative estimate of drug-likeness (QED) is 0.254. The van der Waals surface area contributed by atoms with Gasteiger partial charge in [0.2, 0.25) is 20.0 Å². The summed E-state index contributed by atoms with van der Waals surface area (Å²) in [6, 6.07) is 8.85. The van der Waals surface area contributed by atoms with Gasteiger partial charge >= 0.3 is 0 Å². The first-order valence-corrected chi connectivity index (χ1v) is 14.9. The molecule has 0 saturated carbocycles. The molecule has 1 aromatic carbocycles. The molecule has 0 aliphatic carbocycles. The molecular weight excluding hydrogens is 560 g/mol. The normalized spacial score (nSPS) is 20.6. The van der Waals surface area contributed by atoms with E-state index in [-0.39, 0.29) is 41.4 Å². The highest BCUT2D eigenvalue weighted by Gasteiger charge is 2.45. The molecule has 0 radical (unpaired) electrons. The van der Waals surface area contributed by atoms with Crippen molar-refractivity contribution >= 4 is 32.5 Å². The molecule has 2 saturated heterocycles. The largest absolute Gasteiger partial charge is 0.619 e. The third-order valence-electron chi connectivity index (χ3n) is 6.70. The number of nitrogens with one attached hydrogen (secondary N) is 2. The number of aliphatic hydroxyl groups is 1. The van der Waals surface area contributed by atoms with Crippen molar-refractivity contribution in [3.63, 3.8) is 0 Å². The SMILES string of the molecule is CNS(=O)(=O)c1cccc(OC[C@@H](O)CN[C@H]2COC3(CCN(S(=O)(=O)c4ccc[n+]([O-])c4)CC3)C2)c1.Cl. The maximum atomic E-state index is 12.9. The lowest BCUT2D eigenvalue weighted by Crippen LogP contribution is -2.47. The Hall–Kier alpha value is -2.04. The Morgan fingerprint density at radius 3 is 2.61 bits per heavy atom. The van der Waals surface area contributed by atoms with Crippen molar-refractivity contribution < 1.29 is 36.1 Å². The smallest absolute Gasteiger partial charge is 0.249 e. The van der Waals surface area contributed by atoms with E-state index in [1.807, 2.05) is 0 Å². The summed E-state index contributed by atoms with van der Waals surface area (Å²) >= 11 is 0. The summed E-state index contributed by atoms with van der Waals surface area (Å²) in [4.78, 5) is 0.0459. The van der Waals surface area contributed by atoms with Crippen LogP contribution in [0.5, 0.6) is 5.75 Å². The van der Waals surface area contributed by atoms with E-state index in [4.69, 9.17) is 9.47 Å². The maximum Gasteiger partial charge on any atom is 0.249 e. The van der Waals surface area contributed by atoms with Crippen LogP contribution in [0.3, 0.4) is 0 Å². The highest BCUT2D eigenvalue weighted by molar-refractivity contribution is 7.89. The summed E-state index contributed by atoms with van der Waals surface area (Å²) in [5, 5.41) is 25.1. The number of nitrogens with zero attached hydrogens (tertiary/aromatic N) is 2. The van der Waals surface area contributed by atoms with Crippen molar-refractivity contribution in [2.75, 3.05) is 39.9 Å². The monoisotopic (exact) mass is 592 g/mol. The Morgan fingerprint density at radius 2 is 1.92 bits per heavy atom. The molecule has 12 nitrogen and oxygen atoms in total. The zero-order valence-electron chi connectivity index (χ0n) is 20.9. The molecule has 3 N–H and O–H groups in total. The van der Waals surface area contributed by atoms with E-state index in [0.29, 0.717) is 49.4 Å². The molecule has 1 aromatic heterocycles. The zero-order chi connectivity index (χ0) is 26.7. The molecule has 0 unspecified atom stereocenters. The fourth-order valence-electron chi connectivity index (χ4n) is 4.60. The molecule has 0 bridgehead atoms. The number of aromatic nitrogens is 1. The molecule has 3 heterocycles. The van der Waals surface area contributed by atoms with Gasteiger partial charge in [-0.25, -0.2) is 21.6 Å². The van der Waals surface area contributed by atoms with Gasteiger partial charge in [0, 0.05) is 37.8 Å². The van der Waals surface area contributed by atoms with Crippen molar-refractivity contribution in [1.29, 1.82) is 0 Å². The molecule has 2 atom stereocenters. The summed E-state index contributed by atoms with van der Waals surface area (Å²) in [6.07, 6.45) is 3.22. The lowest BCUT2D eigenvalue weighted by Gasteiger charge is -2.37. The molecule has 2 aliphatic rings. The Morgan fingerprint density at radius 1 is 1.21 bits per heavy atom. The first-order chi connectivity index (χ1) is 17.5. The maximum absolute atomic E-state index is 12.9. The van der Waals surface area contributed by atoms with Crippen molar-refractivity contribution in [3.05, 3.63) is 54.0 Å². The molecule has 2 aromatic rings. The third-order valence-corrected chi connectivity index (χ3v) is 9.99. The van der Waals surface area contributed by atoms with Crippen LogP contribution in [0.15, 0.2) is 58.6 Å². The minimum atomic E-state index is -3.75. The number of halogens is 1. The van der Waals surface area contributed by atoms with Crippen LogP contribution in [0.4, 0.5) is 0 Å². The number of sulfonamides is 2. The average molecular weight is 593 g/mol. The van der Waals surface area contributed by atoms with Gasteiger partial charge < -0.3 is 25.1 Å². The summed E-state index contributed by atoms with van der Waals surface area (Å²) in [7, 11) is -6.01. The van der Waals surface area contributed by atoms with E-state index in [1.54, 1.807) is 12.1 Å². The highest BCUT2D eigenvalue weighted by atomic mass is 35.5. The van der Waals surface area contributed by atoms with E-state index in [9.17, 15) is 27.1 Å². The van der Waals surface area contributed by atoms with Crippen molar-refractivity contribution in [2.24, 2.45) is 0 Å². The molecule has 4 rings (SSSR count). The fourth-order valence-corrected chi connectivity index (χ4v) is 6.81. The first-order valence-electron chi connectivity index (χ1n) is 11.9. The minimum Gasteiger partial charge on any atom is -0.619 e. The van der Waals surface area contributed by atoms with Crippen LogP contribution < -0.4 is 19.5 Å². The van der Waals surface area contributed by atoms with Gasteiger partial charge in [-0.05, 0) is 44.5 Å². The molecule has 1 spiro atoms. The second kappa shape index (κ2) is 12.4. The summed E-state index contributed by atoms with van der Waals surface area (Å²) < 4.78 is 65.4. The molecule has 38 heavy (non-hydrogen) atoms. The Labute approximate surface area is 229 Å². The van der Waals surface area contributed by atoms with Gasteiger partial charge in [-0.1, -0.05) is 6.07 Å². The number of benzene rings is 1. The van der Waals surface area contributed by atoms with Crippen molar-refractivity contribution in [2.45, 2.75) is 46.8 Å². The van der Waals surface area contributed by atoms with Crippen molar-refractivity contribution in [3.8, 4) is 5.75 Å². The number of piperidine rings is 1. The van der Waals surface area contributed by atoms with Crippen LogP contribution >= 0.6 is 12.4 Å². The van der Waals surface area contributed by atoms with E-state index in [1.165, 1.54) is 41.8 Å². The molecule has 15 heteroatoms. The molecule has 2 aliphatic heterocycles.